The lowest BCUT2D eigenvalue weighted by molar-refractivity contribution is -0.137. The summed E-state index contributed by atoms with van der Waals surface area (Å²) in [7, 11) is 0. The van der Waals surface area contributed by atoms with Gasteiger partial charge in [0, 0.05) is 13.0 Å². The minimum atomic E-state index is -0.777. The average Bonchev–Trinajstić information content (AvgIpc) is 2.41. The topological polar surface area (TPSA) is 75.6 Å². The molecule has 0 saturated heterocycles. The Morgan fingerprint density at radius 1 is 1.19 bits per heavy atom. The number of amides is 1. The molecular weight excluding hydrogens is 270 g/mol. The van der Waals surface area contributed by atoms with Gasteiger partial charge in [0.25, 0.3) is 5.91 Å². The summed E-state index contributed by atoms with van der Waals surface area (Å²) in [5.41, 5.74) is 2.17. The monoisotopic (exact) mass is 293 g/mol. The lowest BCUT2D eigenvalue weighted by Crippen LogP contribution is -2.29. The number of carboxylic acids is 1. The van der Waals surface area contributed by atoms with E-state index in [2.05, 4.69) is 5.32 Å². The van der Waals surface area contributed by atoms with Crippen LogP contribution < -0.4 is 10.1 Å². The van der Waals surface area contributed by atoms with Crippen molar-refractivity contribution >= 4 is 11.9 Å². The molecule has 0 heterocycles. The summed E-state index contributed by atoms with van der Waals surface area (Å²) in [5, 5.41) is 11.3. The summed E-state index contributed by atoms with van der Waals surface area (Å²) in [5.74, 6) is -0.216. The van der Waals surface area contributed by atoms with Gasteiger partial charge < -0.3 is 15.2 Å². The van der Waals surface area contributed by atoms with Crippen molar-refractivity contribution in [3.05, 3.63) is 29.3 Å². The molecule has 21 heavy (non-hydrogen) atoms. The molecular formula is C16H23NO4. The predicted octanol–water partition coefficient (Wildman–Crippen LogP) is 2.44. The second kappa shape index (κ2) is 9.00. The number of nitrogens with one attached hydrogen (secondary N) is 1. The van der Waals surface area contributed by atoms with E-state index in [4.69, 9.17) is 9.84 Å². The molecule has 1 rings (SSSR count). The van der Waals surface area contributed by atoms with Crippen molar-refractivity contribution in [1.82, 2.24) is 5.32 Å². The minimum absolute atomic E-state index is 0.000965. The summed E-state index contributed by atoms with van der Waals surface area (Å²) < 4.78 is 5.47. The van der Waals surface area contributed by atoms with Gasteiger partial charge in [-0.25, -0.2) is 0 Å². The SMILES string of the molecule is Cc1ccc(OCC(=O)NCCCCCC(=O)O)c(C)c1. The molecule has 0 saturated carbocycles. The van der Waals surface area contributed by atoms with E-state index in [-0.39, 0.29) is 18.9 Å². The number of ether oxygens (including phenoxy) is 1. The van der Waals surface area contributed by atoms with E-state index < -0.39 is 5.97 Å². The van der Waals surface area contributed by atoms with E-state index in [1.54, 1.807) is 0 Å². The quantitative estimate of drug-likeness (QED) is 0.686. The molecule has 0 aliphatic rings. The Hall–Kier alpha value is -2.04. The lowest BCUT2D eigenvalue weighted by Gasteiger charge is -2.10. The van der Waals surface area contributed by atoms with E-state index in [0.717, 1.165) is 29.7 Å². The van der Waals surface area contributed by atoms with Gasteiger partial charge in [-0.2, -0.15) is 0 Å². The van der Waals surface area contributed by atoms with Gasteiger partial charge in [0.1, 0.15) is 5.75 Å². The van der Waals surface area contributed by atoms with Gasteiger partial charge in [-0.1, -0.05) is 24.1 Å². The van der Waals surface area contributed by atoms with Crippen LogP contribution in [0.1, 0.15) is 36.8 Å². The molecule has 0 radical (unpaired) electrons. The van der Waals surface area contributed by atoms with Crippen molar-refractivity contribution in [1.29, 1.82) is 0 Å². The fourth-order valence-electron chi connectivity index (χ4n) is 1.96. The summed E-state index contributed by atoms with van der Waals surface area (Å²) >= 11 is 0. The zero-order valence-electron chi connectivity index (χ0n) is 12.6. The average molecular weight is 293 g/mol. The van der Waals surface area contributed by atoms with Crippen LogP contribution in [0.5, 0.6) is 5.75 Å². The fraction of sp³-hybridized carbons (Fsp3) is 0.500. The van der Waals surface area contributed by atoms with E-state index in [9.17, 15) is 9.59 Å². The molecule has 0 aliphatic carbocycles. The number of carbonyl (C=O) groups excluding carboxylic acids is 1. The number of carboxylic acid groups (broad SMARTS) is 1. The molecule has 0 aromatic heterocycles. The van der Waals surface area contributed by atoms with E-state index in [1.165, 1.54) is 0 Å². The lowest BCUT2D eigenvalue weighted by atomic mass is 10.1. The molecule has 1 aromatic rings. The first kappa shape index (κ1) is 17.0. The Morgan fingerprint density at radius 3 is 2.62 bits per heavy atom. The summed E-state index contributed by atoms with van der Waals surface area (Å²) in [4.78, 5) is 21.9. The van der Waals surface area contributed by atoms with Crippen LogP contribution >= 0.6 is 0 Å². The van der Waals surface area contributed by atoms with E-state index >= 15 is 0 Å². The molecule has 0 bridgehead atoms. The first-order valence-corrected chi connectivity index (χ1v) is 7.17. The van der Waals surface area contributed by atoms with Gasteiger partial charge in [-0.05, 0) is 38.3 Å². The van der Waals surface area contributed by atoms with Crippen molar-refractivity contribution in [2.75, 3.05) is 13.2 Å². The van der Waals surface area contributed by atoms with Crippen LogP contribution in [0.25, 0.3) is 0 Å². The van der Waals surface area contributed by atoms with Crippen molar-refractivity contribution in [2.24, 2.45) is 0 Å². The molecule has 2 N–H and O–H groups in total. The molecule has 0 fully saturated rings. The fourth-order valence-corrected chi connectivity index (χ4v) is 1.96. The van der Waals surface area contributed by atoms with Crippen molar-refractivity contribution in [3.63, 3.8) is 0 Å². The van der Waals surface area contributed by atoms with Gasteiger partial charge in [0.05, 0.1) is 0 Å². The van der Waals surface area contributed by atoms with Crippen LogP contribution in [0.4, 0.5) is 0 Å². The maximum Gasteiger partial charge on any atom is 0.303 e. The maximum absolute atomic E-state index is 11.6. The van der Waals surface area contributed by atoms with Gasteiger partial charge in [0.2, 0.25) is 0 Å². The highest BCUT2D eigenvalue weighted by molar-refractivity contribution is 5.77. The number of unbranched alkanes of at least 4 members (excludes halogenated alkanes) is 2. The van der Waals surface area contributed by atoms with Gasteiger partial charge in [-0.3, -0.25) is 9.59 Å². The second-order valence-electron chi connectivity index (χ2n) is 5.11. The summed E-state index contributed by atoms with van der Waals surface area (Å²) in [6.45, 7) is 4.50. The van der Waals surface area contributed by atoms with Crippen molar-refractivity contribution < 1.29 is 19.4 Å². The molecule has 0 aliphatic heterocycles. The van der Waals surface area contributed by atoms with Crippen LogP contribution in [0.3, 0.4) is 0 Å². The Kier molecular flexibility index (Phi) is 7.29. The van der Waals surface area contributed by atoms with E-state index in [0.29, 0.717) is 13.0 Å². The molecule has 0 spiro atoms. The largest absolute Gasteiger partial charge is 0.484 e. The normalized spacial score (nSPS) is 10.2. The molecule has 5 heteroatoms. The Balaban J connectivity index is 2.15. The van der Waals surface area contributed by atoms with Crippen molar-refractivity contribution in [3.8, 4) is 5.75 Å². The molecule has 5 nitrogen and oxygen atoms in total. The van der Waals surface area contributed by atoms with Crippen LogP contribution in [0, 0.1) is 13.8 Å². The smallest absolute Gasteiger partial charge is 0.303 e. The standard InChI is InChI=1S/C16H23NO4/c1-12-7-8-14(13(2)10-12)21-11-15(18)17-9-5-3-4-6-16(19)20/h7-8,10H,3-6,9,11H2,1-2H3,(H,17,18)(H,19,20). The maximum atomic E-state index is 11.6. The number of hydrogen-bond donors (Lipinski definition) is 2. The molecule has 1 aromatic carbocycles. The number of carbonyl (C=O) groups is 2. The highest BCUT2D eigenvalue weighted by atomic mass is 16.5. The minimum Gasteiger partial charge on any atom is -0.484 e. The third-order valence-electron chi connectivity index (χ3n) is 3.08. The van der Waals surface area contributed by atoms with Gasteiger partial charge >= 0.3 is 5.97 Å². The second-order valence-corrected chi connectivity index (χ2v) is 5.11. The molecule has 1 amide bonds. The predicted molar refractivity (Wildman–Crippen MR) is 80.5 cm³/mol. The van der Waals surface area contributed by atoms with Gasteiger partial charge in [0.15, 0.2) is 6.61 Å². The zero-order valence-corrected chi connectivity index (χ0v) is 12.6. The Labute approximate surface area is 125 Å². The van der Waals surface area contributed by atoms with Crippen LogP contribution in [-0.2, 0) is 9.59 Å². The number of rotatable bonds is 9. The summed E-state index contributed by atoms with van der Waals surface area (Å²) in [6.07, 6.45) is 2.40. The highest BCUT2D eigenvalue weighted by Crippen LogP contribution is 2.18. The van der Waals surface area contributed by atoms with Crippen LogP contribution in [0.15, 0.2) is 18.2 Å². The van der Waals surface area contributed by atoms with Crippen LogP contribution in [0.2, 0.25) is 0 Å². The highest BCUT2D eigenvalue weighted by Gasteiger charge is 2.04. The third kappa shape index (κ3) is 7.34. The molecule has 0 unspecified atom stereocenters. The Bertz CT molecular complexity index is 485. The number of aliphatic carboxylic acids is 1. The van der Waals surface area contributed by atoms with E-state index in [1.807, 2.05) is 32.0 Å². The number of hydrogen-bond acceptors (Lipinski definition) is 3. The molecule has 116 valence electrons. The first-order valence-electron chi connectivity index (χ1n) is 7.17. The number of benzene rings is 1. The zero-order chi connectivity index (χ0) is 15.7. The number of aryl methyl sites for hydroxylation is 2. The van der Waals surface area contributed by atoms with Gasteiger partial charge in [-0.15, -0.1) is 0 Å². The van der Waals surface area contributed by atoms with Crippen LogP contribution in [-0.4, -0.2) is 30.1 Å². The molecule has 0 atom stereocenters. The summed E-state index contributed by atoms with van der Waals surface area (Å²) in [6, 6.07) is 5.82. The Morgan fingerprint density at radius 2 is 1.95 bits per heavy atom. The van der Waals surface area contributed by atoms with Crippen molar-refractivity contribution in [2.45, 2.75) is 39.5 Å². The first-order chi connectivity index (χ1) is 9.99. The third-order valence-corrected chi connectivity index (χ3v) is 3.08.